The van der Waals surface area contributed by atoms with Crippen molar-refractivity contribution in [2.75, 3.05) is 7.11 Å². The number of nitrogens with two attached hydrogens (primary N) is 1. The number of hydrogen-bond donors (Lipinski definition) is 1. The van der Waals surface area contributed by atoms with Crippen molar-refractivity contribution in [1.82, 2.24) is 0 Å². The lowest BCUT2D eigenvalue weighted by Crippen LogP contribution is -2.10. The molecule has 76 valence electrons. The Morgan fingerprint density at radius 1 is 1.64 bits per heavy atom. The fraction of sp³-hybridized carbons (Fsp3) is 0.273. The van der Waals surface area contributed by atoms with Crippen LogP contribution in [0.25, 0.3) is 0 Å². The molecule has 0 unspecified atom stereocenters. The molecule has 0 amide bonds. The smallest absolute Gasteiger partial charge is 0.123 e. The third kappa shape index (κ3) is 2.59. The van der Waals surface area contributed by atoms with E-state index in [0.717, 1.165) is 22.2 Å². The van der Waals surface area contributed by atoms with Crippen molar-refractivity contribution in [2.45, 2.75) is 12.5 Å². The SMILES string of the molecule is C=CC[C@H](N)c1cc(Br)ccc1OC. The molecule has 0 spiro atoms. The molecular formula is C11H14BrNO. The predicted octanol–water partition coefficient (Wildman–Crippen LogP) is 3.03. The highest BCUT2D eigenvalue weighted by molar-refractivity contribution is 9.10. The van der Waals surface area contributed by atoms with Crippen LogP contribution < -0.4 is 10.5 Å². The van der Waals surface area contributed by atoms with E-state index < -0.39 is 0 Å². The maximum atomic E-state index is 5.98. The summed E-state index contributed by atoms with van der Waals surface area (Å²) < 4.78 is 6.24. The van der Waals surface area contributed by atoms with Crippen molar-refractivity contribution in [3.8, 4) is 5.75 Å². The van der Waals surface area contributed by atoms with Crippen molar-refractivity contribution in [3.63, 3.8) is 0 Å². The lowest BCUT2D eigenvalue weighted by molar-refractivity contribution is 0.405. The van der Waals surface area contributed by atoms with Gasteiger partial charge in [0.05, 0.1) is 7.11 Å². The minimum absolute atomic E-state index is 0.0556. The molecular weight excluding hydrogens is 242 g/mol. The van der Waals surface area contributed by atoms with E-state index >= 15 is 0 Å². The molecule has 1 atom stereocenters. The molecule has 0 saturated carbocycles. The quantitative estimate of drug-likeness (QED) is 0.840. The summed E-state index contributed by atoms with van der Waals surface area (Å²) in [6.07, 6.45) is 2.55. The Kier molecular flexibility index (Phi) is 4.17. The number of ether oxygens (including phenoxy) is 1. The van der Waals surface area contributed by atoms with Crippen LogP contribution in [0.2, 0.25) is 0 Å². The summed E-state index contributed by atoms with van der Waals surface area (Å²) in [4.78, 5) is 0. The Hall–Kier alpha value is -0.800. The van der Waals surface area contributed by atoms with E-state index in [1.807, 2.05) is 24.3 Å². The maximum absolute atomic E-state index is 5.98. The van der Waals surface area contributed by atoms with E-state index in [2.05, 4.69) is 22.5 Å². The van der Waals surface area contributed by atoms with Crippen molar-refractivity contribution in [1.29, 1.82) is 0 Å². The number of benzene rings is 1. The van der Waals surface area contributed by atoms with E-state index in [1.165, 1.54) is 0 Å². The van der Waals surface area contributed by atoms with Gasteiger partial charge in [-0.3, -0.25) is 0 Å². The van der Waals surface area contributed by atoms with Crippen molar-refractivity contribution < 1.29 is 4.74 Å². The Bertz CT molecular complexity index is 325. The highest BCUT2D eigenvalue weighted by Crippen LogP contribution is 2.28. The Morgan fingerprint density at radius 2 is 2.36 bits per heavy atom. The standard InChI is InChI=1S/C11H14BrNO/c1-3-4-10(13)9-7-8(12)5-6-11(9)14-2/h3,5-7,10H,1,4,13H2,2H3/t10-/m0/s1. The van der Waals surface area contributed by atoms with Crippen LogP contribution in [-0.2, 0) is 0 Å². The molecule has 0 aliphatic carbocycles. The van der Waals surface area contributed by atoms with Crippen LogP contribution in [0, 0.1) is 0 Å². The number of rotatable bonds is 4. The second-order valence-corrected chi connectivity index (χ2v) is 3.93. The fourth-order valence-corrected chi connectivity index (χ4v) is 1.68. The molecule has 0 bridgehead atoms. The van der Waals surface area contributed by atoms with Gasteiger partial charge in [0, 0.05) is 16.1 Å². The molecule has 0 aliphatic rings. The summed E-state index contributed by atoms with van der Waals surface area (Å²) >= 11 is 3.41. The highest BCUT2D eigenvalue weighted by atomic mass is 79.9. The number of methoxy groups -OCH3 is 1. The molecule has 0 fully saturated rings. The van der Waals surface area contributed by atoms with Gasteiger partial charge >= 0.3 is 0 Å². The summed E-state index contributed by atoms with van der Waals surface area (Å²) in [5.41, 5.74) is 6.98. The zero-order valence-corrected chi connectivity index (χ0v) is 9.75. The molecule has 1 aromatic carbocycles. The summed E-state index contributed by atoms with van der Waals surface area (Å²) in [6, 6.07) is 5.76. The first-order valence-corrected chi connectivity index (χ1v) is 5.18. The van der Waals surface area contributed by atoms with E-state index in [4.69, 9.17) is 10.5 Å². The molecule has 0 radical (unpaired) electrons. The molecule has 3 heteroatoms. The lowest BCUT2D eigenvalue weighted by atomic mass is 10.0. The van der Waals surface area contributed by atoms with Crippen LogP contribution in [0.1, 0.15) is 18.0 Å². The van der Waals surface area contributed by atoms with Crippen LogP contribution >= 0.6 is 15.9 Å². The van der Waals surface area contributed by atoms with Gasteiger partial charge in [-0.2, -0.15) is 0 Å². The average Bonchev–Trinajstić information content (AvgIpc) is 2.18. The summed E-state index contributed by atoms with van der Waals surface area (Å²) in [7, 11) is 1.65. The molecule has 2 N–H and O–H groups in total. The molecule has 1 rings (SSSR count). The van der Waals surface area contributed by atoms with Gasteiger partial charge in [-0.15, -0.1) is 6.58 Å². The van der Waals surface area contributed by atoms with Gasteiger partial charge < -0.3 is 10.5 Å². The third-order valence-electron chi connectivity index (χ3n) is 2.01. The summed E-state index contributed by atoms with van der Waals surface area (Å²) in [5, 5.41) is 0. The predicted molar refractivity (Wildman–Crippen MR) is 62.4 cm³/mol. The van der Waals surface area contributed by atoms with Crippen molar-refractivity contribution in [3.05, 3.63) is 40.9 Å². The van der Waals surface area contributed by atoms with Gasteiger partial charge in [-0.05, 0) is 24.6 Å². The summed E-state index contributed by atoms with van der Waals surface area (Å²) in [6.45, 7) is 3.67. The molecule has 0 saturated heterocycles. The second-order valence-electron chi connectivity index (χ2n) is 3.02. The van der Waals surface area contributed by atoms with E-state index in [1.54, 1.807) is 7.11 Å². The monoisotopic (exact) mass is 255 g/mol. The second kappa shape index (κ2) is 5.17. The van der Waals surface area contributed by atoms with Gasteiger partial charge in [0.15, 0.2) is 0 Å². The molecule has 1 aromatic rings. The fourth-order valence-electron chi connectivity index (χ4n) is 1.30. The average molecular weight is 256 g/mol. The van der Waals surface area contributed by atoms with Crippen LogP contribution in [0.5, 0.6) is 5.75 Å². The van der Waals surface area contributed by atoms with Gasteiger partial charge in [0.1, 0.15) is 5.75 Å². The molecule has 0 aromatic heterocycles. The topological polar surface area (TPSA) is 35.2 Å². The van der Waals surface area contributed by atoms with E-state index in [9.17, 15) is 0 Å². The Labute approximate surface area is 92.9 Å². The van der Waals surface area contributed by atoms with Crippen LogP contribution in [0.15, 0.2) is 35.3 Å². The molecule has 0 aliphatic heterocycles. The largest absolute Gasteiger partial charge is 0.496 e. The zero-order chi connectivity index (χ0) is 10.6. The summed E-state index contributed by atoms with van der Waals surface area (Å²) in [5.74, 6) is 0.822. The first kappa shape index (κ1) is 11.3. The molecule has 0 heterocycles. The minimum Gasteiger partial charge on any atom is -0.496 e. The van der Waals surface area contributed by atoms with Crippen LogP contribution in [0.4, 0.5) is 0 Å². The first-order chi connectivity index (χ1) is 6.69. The van der Waals surface area contributed by atoms with Gasteiger partial charge in [-0.25, -0.2) is 0 Å². The zero-order valence-electron chi connectivity index (χ0n) is 8.16. The van der Waals surface area contributed by atoms with Crippen molar-refractivity contribution in [2.24, 2.45) is 5.73 Å². The minimum atomic E-state index is -0.0556. The Balaban J connectivity index is 3.02. The highest BCUT2D eigenvalue weighted by Gasteiger charge is 2.10. The van der Waals surface area contributed by atoms with Crippen LogP contribution in [0.3, 0.4) is 0 Å². The van der Waals surface area contributed by atoms with Crippen molar-refractivity contribution >= 4 is 15.9 Å². The third-order valence-corrected chi connectivity index (χ3v) is 2.51. The van der Waals surface area contributed by atoms with Crippen LogP contribution in [-0.4, -0.2) is 7.11 Å². The maximum Gasteiger partial charge on any atom is 0.123 e. The Morgan fingerprint density at radius 3 is 2.93 bits per heavy atom. The molecule has 2 nitrogen and oxygen atoms in total. The number of halogens is 1. The molecule has 14 heavy (non-hydrogen) atoms. The van der Waals surface area contributed by atoms with Gasteiger partial charge in [-0.1, -0.05) is 22.0 Å². The van der Waals surface area contributed by atoms with E-state index in [0.29, 0.717) is 0 Å². The van der Waals surface area contributed by atoms with Gasteiger partial charge in [0.2, 0.25) is 0 Å². The normalized spacial score (nSPS) is 12.2. The first-order valence-electron chi connectivity index (χ1n) is 4.39. The van der Waals surface area contributed by atoms with E-state index in [-0.39, 0.29) is 6.04 Å². The van der Waals surface area contributed by atoms with Gasteiger partial charge in [0.25, 0.3) is 0 Å². The lowest BCUT2D eigenvalue weighted by Gasteiger charge is -2.14. The number of hydrogen-bond acceptors (Lipinski definition) is 2.